The molecule has 0 bridgehead atoms. The van der Waals surface area contributed by atoms with Crippen LogP contribution >= 0.6 is 31.9 Å². The Balaban J connectivity index is 3.25. The monoisotopic (exact) mass is 360 g/mol. The Morgan fingerprint density at radius 2 is 1.88 bits per heavy atom. The van der Waals surface area contributed by atoms with Crippen molar-refractivity contribution in [1.82, 2.24) is 0 Å². The molecule has 0 unspecified atom stereocenters. The van der Waals surface area contributed by atoms with E-state index in [1.54, 1.807) is 0 Å². The summed E-state index contributed by atoms with van der Waals surface area (Å²) in [5.41, 5.74) is 0.119. The first kappa shape index (κ1) is 13.5. The number of ether oxygens (including phenoxy) is 1. The standard InChI is InChI=1S/C9H5Br2F3O2/c1-4(15)6-2-5(10)3-7(8(6)11)16-9(12,13)14/h2-3H,1H3. The van der Waals surface area contributed by atoms with Crippen molar-refractivity contribution in [2.45, 2.75) is 13.3 Å². The molecular weight excluding hydrogens is 357 g/mol. The number of hydrogen-bond acceptors (Lipinski definition) is 2. The average molecular weight is 362 g/mol. The summed E-state index contributed by atoms with van der Waals surface area (Å²) in [5, 5.41) is 0. The van der Waals surface area contributed by atoms with E-state index in [0.29, 0.717) is 4.47 Å². The van der Waals surface area contributed by atoms with Crippen molar-refractivity contribution in [2.75, 3.05) is 0 Å². The van der Waals surface area contributed by atoms with Gasteiger partial charge in [-0.2, -0.15) is 0 Å². The van der Waals surface area contributed by atoms with Crippen LogP contribution in [0.5, 0.6) is 5.75 Å². The molecule has 0 N–H and O–H groups in total. The smallest absolute Gasteiger partial charge is 0.405 e. The van der Waals surface area contributed by atoms with Crippen LogP contribution < -0.4 is 4.74 Å². The van der Waals surface area contributed by atoms with Gasteiger partial charge in [0.25, 0.3) is 0 Å². The molecule has 16 heavy (non-hydrogen) atoms. The third-order valence-corrected chi connectivity index (χ3v) is 2.88. The highest BCUT2D eigenvalue weighted by Crippen LogP contribution is 2.36. The molecule has 0 fully saturated rings. The molecule has 0 aliphatic rings. The fourth-order valence-electron chi connectivity index (χ4n) is 1.02. The summed E-state index contributed by atoms with van der Waals surface area (Å²) < 4.78 is 40.2. The van der Waals surface area contributed by atoms with Crippen LogP contribution in [0.25, 0.3) is 0 Å². The Morgan fingerprint density at radius 3 is 2.31 bits per heavy atom. The van der Waals surface area contributed by atoms with Crippen LogP contribution in [0.15, 0.2) is 21.1 Å². The van der Waals surface area contributed by atoms with Gasteiger partial charge in [-0.3, -0.25) is 4.79 Å². The molecule has 7 heteroatoms. The molecule has 1 aromatic carbocycles. The van der Waals surface area contributed by atoms with Crippen molar-refractivity contribution >= 4 is 37.6 Å². The lowest BCUT2D eigenvalue weighted by Crippen LogP contribution is -2.18. The molecule has 0 aromatic heterocycles. The van der Waals surface area contributed by atoms with Crippen LogP contribution in [0.2, 0.25) is 0 Å². The minimum atomic E-state index is -4.79. The lowest BCUT2D eigenvalue weighted by Gasteiger charge is -2.12. The highest BCUT2D eigenvalue weighted by atomic mass is 79.9. The Morgan fingerprint density at radius 1 is 1.31 bits per heavy atom. The molecule has 1 aromatic rings. The van der Waals surface area contributed by atoms with Crippen molar-refractivity contribution < 1.29 is 22.7 Å². The van der Waals surface area contributed by atoms with Crippen LogP contribution in [0.4, 0.5) is 13.2 Å². The van der Waals surface area contributed by atoms with Gasteiger partial charge in [0.15, 0.2) is 5.78 Å². The SMILES string of the molecule is CC(=O)c1cc(Br)cc(OC(F)(F)F)c1Br. The first-order valence-corrected chi connectivity index (χ1v) is 5.55. The van der Waals surface area contributed by atoms with Gasteiger partial charge >= 0.3 is 6.36 Å². The molecule has 0 saturated carbocycles. The van der Waals surface area contributed by atoms with E-state index in [9.17, 15) is 18.0 Å². The number of benzene rings is 1. The van der Waals surface area contributed by atoms with E-state index in [-0.39, 0.29) is 15.8 Å². The summed E-state index contributed by atoms with van der Waals surface area (Å²) in [7, 11) is 0. The predicted molar refractivity (Wildman–Crippen MR) is 58.5 cm³/mol. The van der Waals surface area contributed by atoms with E-state index in [1.807, 2.05) is 0 Å². The van der Waals surface area contributed by atoms with Crippen LogP contribution in [0.1, 0.15) is 17.3 Å². The fourth-order valence-corrected chi connectivity index (χ4v) is 2.05. The minimum absolute atomic E-state index is 0.0134. The summed E-state index contributed by atoms with van der Waals surface area (Å²) in [6, 6.07) is 2.54. The van der Waals surface area contributed by atoms with E-state index in [2.05, 4.69) is 36.6 Å². The third-order valence-electron chi connectivity index (χ3n) is 1.61. The summed E-state index contributed by atoms with van der Waals surface area (Å²) in [6.45, 7) is 1.25. The zero-order valence-electron chi connectivity index (χ0n) is 7.86. The molecule has 0 spiro atoms. The van der Waals surface area contributed by atoms with Gasteiger partial charge in [-0.05, 0) is 35.0 Å². The first-order valence-electron chi connectivity index (χ1n) is 3.96. The second-order valence-corrected chi connectivity index (χ2v) is 4.58. The van der Waals surface area contributed by atoms with Gasteiger partial charge in [-0.1, -0.05) is 15.9 Å². The van der Waals surface area contributed by atoms with Gasteiger partial charge < -0.3 is 4.74 Å². The van der Waals surface area contributed by atoms with Crippen LogP contribution in [-0.2, 0) is 0 Å². The average Bonchev–Trinajstić information content (AvgIpc) is 2.07. The molecule has 0 heterocycles. The Hall–Kier alpha value is -0.560. The van der Waals surface area contributed by atoms with Crippen LogP contribution in [-0.4, -0.2) is 12.1 Å². The minimum Gasteiger partial charge on any atom is -0.405 e. The molecular formula is C9H5Br2F3O2. The lowest BCUT2D eigenvalue weighted by atomic mass is 10.1. The summed E-state index contributed by atoms with van der Waals surface area (Å²) in [5.74, 6) is -0.813. The van der Waals surface area contributed by atoms with Crippen LogP contribution in [0.3, 0.4) is 0 Å². The largest absolute Gasteiger partial charge is 0.573 e. The Kier molecular flexibility index (Phi) is 4.01. The molecule has 0 radical (unpaired) electrons. The molecule has 0 atom stereocenters. The number of alkyl halides is 3. The second-order valence-electron chi connectivity index (χ2n) is 2.87. The van der Waals surface area contributed by atoms with Crippen LogP contribution in [0, 0.1) is 0 Å². The zero-order chi connectivity index (χ0) is 12.5. The van der Waals surface area contributed by atoms with Crippen molar-refractivity contribution in [1.29, 1.82) is 0 Å². The Labute approximate surface area is 106 Å². The maximum absolute atomic E-state index is 12.0. The predicted octanol–water partition coefficient (Wildman–Crippen LogP) is 4.31. The third kappa shape index (κ3) is 3.48. The maximum atomic E-state index is 12.0. The van der Waals surface area contributed by atoms with Gasteiger partial charge in [-0.15, -0.1) is 13.2 Å². The molecule has 88 valence electrons. The van der Waals surface area contributed by atoms with Crippen molar-refractivity contribution in [3.05, 3.63) is 26.6 Å². The molecule has 0 aliphatic carbocycles. The van der Waals surface area contributed by atoms with Crippen molar-refractivity contribution in [3.8, 4) is 5.75 Å². The van der Waals surface area contributed by atoms with Crippen molar-refractivity contribution in [3.63, 3.8) is 0 Å². The first-order chi connectivity index (χ1) is 7.20. The topological polar surface area (TPSA) is 26.3 Å². The number of rotatable bonds is 2. The summed E-state index contributed by atoms with van der Waals surface area (Å²) >= 11 is 5.90. The van der Waals surface area contributed by atoms with Gasteiger partial charge in [0, 0.05) is 10.0 Å². The number of carbonyl (C=O) groups is 1. The van der Waals surface area contributed by atoms with E-state index in [4.69, 9.17) is 0 Å². The molecule has 0 saturated heterocycles. The van der Waals surface area contributed by atoms with E-state index >= 15 is 0 Å². The molecule has 0 aliphatic heterocycles. The number of halogens is 5. The van der Waals surface area contributed by atoms with Gasteiger partial charge in [0.1, 0.15) is 5.75 Å². The second kappa shape index (κ2) is 4.75. The molecule has 1 rings (SSSR count). The Bertz CT molecular complexity index is 429. The van der Waals surface area contributed by atoms with Gasteiger partial charge in [-0.25, -0.2) is 0 Å². The summed E-state index contributed by atoms with van der Waals surface area (Å²) in [6.07, 6.45) is -4.79. The highest BCUT2D eigenvalue weighted by Gasteiger charge is 2.32. The molecule has 2 nitrogen and oxygen atoms in total. The van der Waals surface area contributed by atoms with E-state index < -0.39 is 12.1 Å². The lowest BCUT2D eigenvalue weighted by molar-refractivity contribution is -0.274. The highest BCUT2D eigenvalue weighted by molar-refractivity contribution is 9.11. The maximum Gasteiger partial charge on any atom is 0.573 e. The quantitative estimate of drug-likeness (QED) is 0.733. The normalized spacial score (nSPS) is 11.4. The van der Waals surface area contributed by atoms with Crippen molar-refractivity contribution in [2.24, 2.45) is 0 Å². The zero-order valence-corrected chi connectivity index (χ0v) is 11.0. The fraction of sp³-hybridized carbons (Fsp3) is 0.222. The number of Topliss-reactive ketones (excluding diaryl/α,β-unsaturated/α-hetero) is 1. The van der Waals surface area contributed by atoms with Gasteiger partial charge in [0.05, 0.1) is 4.47 Å². The number of carbonyl (C=O) groups excluding carboxylic acids is 1. The van der Waals surface area contributed by atoms with E-state index in [1.165, 1.54) is 13.0 Å². The number of ketones is 1. The summed E-state index contributed by atoms with van der Waals surface area (Å²) in [4.78, 5) is 11.1. The van der Waals surface area contributed by atoms with E-state index in [0.717, 1.165) is 6.07 Å². The van der Waals surface area contributed by atoms with Gasteiger partial charge in [0.2, 0.25) is 0 Å². The number of hydrogen-bond donors (Lipinski definition) is 0. The molecule has 0 amide bonds.